The maximum Gasteiger partial charge on any atom is 0.459 e. The Labute approximate surface area is 283 Å². The number of imidazole rings is 1. The van der Waals surface area contributed by atoms with Crippen molar-refractivity contribution in [3.63, 3.8) is 0 Å². The minimum absolute atomic E-state index is 0.116. The second-order valence-electron chi connectivity index (χ2n) is 13.3. The van der Waals surface area contributed by atoms with E-state index < -0.39 is 56.3 Å². The first-order valence-electron chi connectivity index (χ1n) is 15.4. The van der Waals surface area contributed by atoms with E-state index in [0.29, 0.717) is 22.5 Å². The maximum absolute atomic E-state index is 16.0. The molecule has 16 heteroatoms. The molecule has 1 aliphatic rings. The van der Waals surface area contributed by atoms with Crippen LogP contribution in [0.5, 0.6) is 5.75 Å². The van der Waals surface area contributed by atoms with Gasteiger partial charge in [0.1, 0.15) is 29.3 Å². The summed E-state index contributed by atoms with van der Waals surface area (Å²) in [6.45, 7) is 8.29. The van der Waals surface area contributed by atoms with E-state index in [1.807, 2.05) is 39.0 Å². The minimum atomic E-state index is -4.49. The molecule has 5 rings (SSSR count). The molecule has 13 nitrogen and oxygen atoms in total. The molecule has 0 aliphatic carbocycles. The van der Waals surface area contributed by atoms with Gasteiger partial charge in [0.2, 0.25) is 0 Å². The average Bonchev–Trinajstić information content (AvgIpc) is 3.56. The van der Waals surface area contributed by atoms with Gasteiger partial charge in [-0.15, -0.1) is 11.6 Å². The summed E-state index contributed by atoms with van der Waals surface area (Å²) >= 11 is 6.36. The summed E-state index contributed by atoms with van der Waals surface area (Å²) in [4.78, 5) is 27.9. The smallest absolute Gasteiger partial charge is 0.459 e. The third-order valence-corrected chi connectivity index (χ3v) is 9.77. The predicted octanol–water partition coefficient (Wildman–Crippen LogP) is 5.33. The van der Waals surface area contributed by atoms with Gasteiger partial charge in [-0.1, -0.05) is 57.2 Å². The number of anilines is 1. The third kappa shape index (κ3) is 7.44. The molecule has 1 aliphatic heterocycles. The number of hydrogen-bond donors (Lipinski definition) is 2. The normalized spacial score (nSPS) is 23.2. The van der Waals surface area contributed by atoms with Crippen molar-refractivity contribution in [2.75, 3.05) is 38.1 Å². The number of aromatic nitrogens is 4. The van der Waals surface area contributed by atoms with Gasteiger partial charge in [-0.2, -0.15) is 5.09 Å². The van der Waals surface area contributed by atoms with Gasteiger partial charge < -0.3 is 24.0 Å². The SMILES string of the molecule is Cc1nc(N(C)C)c2ncn([C@@H]3O[C@](CCl)(CO[P@@](=O)(N[C@H](C)C(=O)OCC(C)(C)C)Oc4cccc5ccccc45)[C@@H](O)[C@@H]3F)c2n1. The number of halogens is 2. The Kier molecular flexibility index (Phi) is 10.4. The van der Waals surface area contributed by atoms with Gasteiger partial charge >= 0.3 is 13.7 Å². The van der Waals surface area contributed by atoms with Crippen molar-refractivity contribution >= 4 is 53.1 Å². The molecule has 2 aromatic heterocycles. The fraction of sp³-hybridized carbons (Fsp3) is 0.500. The summed E-state index contributed by atoms with van der Waals surface area (Å²) in [5.74, 6) is -0.00681. The number of rotatable bonds is 12. The van der Waals surface area contributed by atoms with E-state index in [1.54, 1.807) is 50.2 Å². The number of esters is 1. The number of hydrogen-bond acceptors (Lipinski definition) is 11. The number of carbonyl (C=O) groups is 1. The van der Waals surface area contributed by atoms with Gasteiger partial charge in [-0.3, -0.25) is 13.9 Å². The largest absolute Gasteiger partial charge is 0.464 e. The van der Waals surface area contributed by atoms with E-state index >= 15 is 4.39 Å². The molecule has 0 spiro atoms. The highest BCUT2D eigenvalue weighted by Gasteiger charge is 2.57. The Hall–Kier alpha value is -3.39. The average molecular weight is 707 g/mol. The fourth-order valence-corrected chi connectivity index (χ4v) is 7.06. The van der Waals surface area contributed by atoms with Gasteiger partial charge in [0.15, 0.2) is 29.4 Å². The molecule has 0 amide bonds. The van der Waals surface area contributed by atoms with Gasteiger partial charge in [0, 0.05) is 19.5 Å². The summed E-state index contributed by atoms with van der Waals surface area (Å²) in [6.07, 6.45) is -3.91. The van der Waals surface area contributed by atoms with Crippen LogP contribution in [0.3, 0.4) is 0 Å². The van der Waals surface area contributed by atoms with Crippen LogP contribution in [-0.2, 0) is 23.4 Å². The monoisotopic (exact) mass is 706 g/mol. The summed E-state index contributed by atoms with van der Waals surface area (Å²) in [6, 6.07) is 11.3. The van der Waals surface area contributed by atoms with Crippen LogP contribution < -0.4 is 14.5 Å². The summed E-state index contributed by atoms with van der Waals surface area (Å²) in [5.41, 5.74) is -1.52. The molecule has 4 aromatic rings. The van der Waals surface area contributed by atoms with Crippen LogP contribution in [0.4, 0.5) is 10.2 Å². The molecule has 0 bridgehead atoms. The van der Waals surface area contributed by atoms with Crippen molar-refractivity contribution in [1.82, 2.24) is 24.6 Å². The van der Waals surface area contributed by atoms with E-state index in [0.717, 1.165) is 5.39 Å². The van der Waals surface area contributed by atoms with Crippen LogP contribution in [0.15, 0.2) is 48.8 Å². The van der Waals surface area contributed by atoms with E-state index in [9.17, 15) is 14.5 Å². The number of aliphatic hydroxyl groups is 1. The molecule has 1 fully saturated rings. The zero-order chi connectivity index (χ0) is 35.0. The lowest BCUT2D eigenvalue weighted by molar-refractivity contribution is -0.148. The number of carbonyl (C=O) groups excluding carboxylic acids is 1. The summed E-state index contributed by atoms with van der Waals surface area (Å²) in [7, 11) is -0.899. The van der Waals surface area contributed by atoms with Crippen molar-refractivity contribution in [1.29, 1.82) is 0 Å². The van der Waals surface area contributed by atoms with Crippen LogP contribution >= 0.6 is 19.3 Å². The Morgan fingerprint density at radius 2 is 1.94 bits per heavy atom. The molecule has 1 saturated heterocycles. The fourth-order valence-electron chi connectivity index (χ4n) is 5.20. The van der Waals surface area contributed by atoms with Crippen LogP contribution in [0, 0.1) is 12.3 Å². The van der Waals surface area contributed by atoms with Gasteiger partial charge in [0.25, 0.3) is 0 Å². The summed E-state index contributed by atoms with van der Waals surface area (Å²) in [5, 5.41) is 15.3. The lowest BCUT2D eigenvalue weighted by Crippen LogP contribution is -2.48. The van der Waals surface area contributed by atoms with Crippen molar-refractivity contribution in [2.24, 2.45) is 5.41 Å². The Bertz CT molecular complexity index is 1830. The number of alkyl halides is 2. The van der Waals surface area contributed by atoms with Crippen molar-refractivity contribution in [2.45, 2.75) is 64.8 Å². The number of nitrogens with one attached hydrogen (secondary N) is 1. The number of aliphatic hydroxyl groups excluding tert-OH is 1. The first kappa shape index (κ1) is 35.9. The predicted molar refractivity (Wildman–Crippen MR) is 180 cm³/mol. The molecule has 0 radical (unpaired) electrons. The van der Waals surface area contributed by atoms with Crippen molar-refractivity contribution in [3.05, 3.63) is 54.6 Å². The zero-order valence-corrected chi connectivity index (χ0v) is 29.5. The van der Waals surface area contributed by atoms with E-state index in [2.05, 4.69) is 20.0 Å². The molecular weight excluding hydrogens is 666 g/mol. The first-order chi connectivity index (χ1) is 22.6. The molecule has 48 heavy (non-hydrogen) atoms. The van der Waals surface area contributed by atoms with E-state index in [-0.39, 0.29) is 23.4 Å². The Morgan fingerprint density at radius 1 is 1.23 bits per heavy atom. The van der Waals surface area contributed by atoms with Crippen molar-refractivity contribution < 1.29 is 37.4 Å². The number of aryl methyl sites for hydroxylation is 1. The van der Waals surface area contributed by atoms with Gasteiger partial charge in [-0.05, 0) is 30.7 Å². The maximum atomic E-state index is 16.0. The highest BCUT2D eigenvalue weighted by atomic mass is 35.5. The third-order valence-electron chi connectivity index (χ3n) is 7.71. The van der Waals surface area contributed by atoms with E-state index in [1.165, 1.54) is 17.8 Å². The van der Waals surface area contributed by atoms with Crippen LogP contribution in [0.2, 0.25) is 0 Å². The van der Waals surface area contributed by atoms with Gasteiger partial charge in [-0.25, -0.2) is 23.9 Å². The molecule has 2 aromatic carbocycles. The molecule has 0 saturated carbocycles. The Morgan fingerprint density at radius 3 is 2.62 bits per heavy atom. The lowest BCUT2D eigenvalue weighted by atomic mass is 9.99. The Balaban J connectivity index is 1.44. The molecule has 2 N–H and O–H groups in total. The van der Waals surface area contributed by atoms with Crippen LogP contribution in [0.25, 0.3) is 21.9 Å². The molecule has 260 valence electrons. The van der Waals surface area contributed by atoms with Crippen molar-refractivity contribution in [3.8, 4) is 5.75 Å². The summed E-state index contributed by atoms with van der Waals surface area (Å²) < 4.78 is 55.3. The zero-order valence-electron chi connectivity index (χ0n) is 27.9. The van der Waals surface area contributed by atoms with Crippen LogP contribution in [-0.4, -0.2) is 87.7 Å². The van der Waals surface area contributed by atoms with Crippen LogP contribution in [0.1, 0.15) is 39.7 Å². The molecule has 6 atom stereocenters. The number of fused-ring (bicyclic) bond motifs is 2. The van der Waals surface area contributed by atoms with E-state index in [4.69, 9.17) is 30.1 Å². The second-order valence-corrected chi connectivity index (χ2v) is 15.2. The molecular formula is C32H41ClFN6O7P. The molecule has 3 heterocycles. The number of benzene rings is 2. The standard InChI is InChI=1S/C32H41ClFN6O7P/c1-19(30(42)44-16-31(3,4)5)38-48(43,47-23-14-10-12-21-11-8-9-13-22(21)23)45-17-32(15-33)26(41)24(34)29(46-32)40-18-35-25-27(39(6)7)36-20(2)37-28(25)40/h8-14,18-19,24,26,29,41H,15-17H2,1-7H3,(H,38,43)/t19-,24+,26+,29-,32-,48+/m1/s1. The quantitative estimate of drug-likeness (QED) is 0.111. The second kappa shape index (κ2) is 13.9. The lowest BCUT2D eigenvalue weighted by Gasteiger charge is -2.32. The van der Waals surface area contributed by atoms with Gasteiger partial charge in [0.05, 0.1) is 25.4 Å². The highest BCUT2D eigenvalue weighted by Crippen LogP contribution is 2.50. The number of ether oxygens (including phenoxy) is 2. The molecule has 0 unspecified atom stereocenters. The highest BCUT2D eigenvalue weighted by molar-refractivity contribution is 7.52. The first-order valence-corrected chi connectivity index (χ1v) is 17.4. The number of nitrogens with zero attached hydrogens (tertiary/aromatic N) is 5. The topological polar surface area (TPSA) is 150 Å². The minimum Gasteiger partial charge on any atom is -0.464 e.